The van der Waals surface area contributed by atoms with E-state index in [1.165, 1.54) is 0 Å². The summed E-state index contributed by atoms with van der Waals surface area (Å²) in [7, 11) is -3.88. The molecule has 0 fully saturated rings. The van der Waals surface area contributed by atoms with E-state index >= 15 is 0 Å². The number of ether oxygens (including phenoxy) is 1. The first-order valence-electron chi connectivity index (χ1n) is 5.11. The van der Waals surface area contributed by atoms with Crippen LogP contribution in [-0.2, 0) is 10.1 Å². The second-order valence-corrected chi connectivity index (χ2v) is 5.21. The van der Waals surface area contributed by atoms with E-state index in [1.807, 2.05) is 0 Å². The van der Waals surface area contributed by atoms with Gasteiger partial charge >= 0.3 is 0 Å². The fraction of sp³-hybridized carbons (Fsp3) is 0.400. The first kappa shape index (κ1) is 13.6. The van der Waals surface area contributed by atoms with Gasteiger partial charge in [-0.15, -0.1) is 0 Å². The molecular weight excluding hydrogens is 244 g/mol. The third-order valence-electron chi connectivity index (χ3n) is 2.09. The van der Waals surface area contributed by atoms with Crippen molar-refractivity contribution in [1.82, 2.24) is 0 Å². The summed E-state index contributed by atoms with van der Waals surface area (Å²) in [6.45, 7) is 0.337. The minimum absolute atomic E-state index is 0.256. The van der Waals surface area contributed by atoms with Crippen molar-refractivity contribution in [3.05, 3.63) is 18.2 Å². The average molecular weight is 260 g/mol. The van der Waals surface area contributed by atoms with Gasteiger partial charge in [0, 0.05) is 5.69 Å². The zero-order chi connectivity index (χ0) is 12.9. The fourth-order valence-corrected chi connectivity index (χ4v) is 1.84. The highest BCUT2D eigenvalue weighted by atomic mass is 32.2. The lowest BCUT2D eigenvalue weighted by Crippen LogP contribution is -2.06. The highest BCUT2D eigenvalue weighted by Crippen LogP contribution is 2.23. The summed E-state index contributed by atoms with van der Waals surface area (Å²) in [6, 6.07) is 4.92. The molecule has 0 saturated heterocycles. The van der Waals surface area contributed by atoms with E-state index in [2.05, 4.69) is 0 Å². The number of unbranched alkanes of at least 4 members (excludes halogenated alkanes) is 1. The largest absolute Gasteiger partial charge is 0.491 e. The predicted octanol–water partition coefficient (Wildman–Crippen LogP) is 0.898. The van der Waals surface area contributed by atoms with E-state index in [9.17, 15) is 8.42 Å². The molecule has 0 saturated carbocycles. The Morgan fingerprint density at radius 2 is 1.94 bits per heavy atom. The Labute approximate surface area is 100 Å². The maximum Gasteiger partial charge on any atom is 0.264 e. The Hall–Kier alpha value is -1.47. The number of hydrogen-bond donors (Lipinski definition) is 3. The van der Waals surface area contributed by atoms with Crippen LogP contribution in [0.3, 0.4) is 0 Å². The lowest BCUT2D eigenvalue weighted by atomic mass is 10.2. The molecule has 0 bridgehead atoms. The molecule has 1 rings (SSSR count). The van der Waals surface area contributed by atoms with Crippen molar-refractivity contribution in [2.75, 3.05) is 23.8 Å². The summed E-state index contributed by atoms with van der Waals surface area (Å²) >= 11 is 0. The normalized spacial score (nSPS) is 11.4. The molecule has 0 aliphatic rings. The molecular formula is C10H16N2O4S. The minimum atomic E-state index is -3.88. The molecule has 0 atom stereocenters. The van der Waals surface area contributed by atoms with Gasteiger partial charge in [-0.2, -0.15) is 8.42 Å². The Balaban J connectivity index is 2.32. The van der Waals surface area contributed by atoms with Gasteiger partial charge in [0.2, 0.25) is 0 Å². The van der Waals surface area contributed by atoms with Crippen LogP contribution in [-0.4, -0.2) is 25.3 Å². The van der Waals surface area contributed by atoms with Gasteiger partial charge in [-0.25, -0.2) is 0 Å². The van der Waals surface area contributed by atoms with Crippen LogP contribution in [0.25, 0.3) is 0 Å². The van der Waals surface area contributed by atoms with Crippen LogP contribution in [0.1, 0.15) is 12.8 Å². The molecule has 0 spiro atoms. The highest BCUT2D eigenvalue weighted by Gasteiger charge is 2.04. The molecule has 6 nitrogen and oxygen atoms in total. The summed E-state index contributed by atoms with van der Waals surface area (Å²) in [5.41, 5.74) is 12.2. The van der Waals surface area contributed by atoms with E-state index in [4.69, 9.17) is 20.8 Å². The molecule has 1 aromatic carbocycles. The quantitative estimate of drug-likeness (QED) is 0.397. The second-order valence-electron chi connectivity index (χ2n) is 3.64. The van der Waals surface area contributed by atoms with Crippen molar-refractivity contribution < 1.29 is 17.7 Å². The first-order valence-corrected chi connectivity index (χ1v) is 6.72. The van der Waals surface area contributed by atoms with Gasteiger partial charge in [0.25, 0.3) is 10.1 Å². The maximum atomic E-state index is 10.4. The van der Waals surface area contributed by atoms with Gasteiger partial charge in [-0.1, -0.05) is 0 Å². The van der Waals surface area contributed by atoms with Crippen molar-refractivity contribution in [3.8, 4) is 5.75 Å². The maximum absolute atomic E-state index is 10.4. The Morgan fingerprint density at radius 3 is 2.53 bits per heavy atom. The molecule has 96 valence electrons. The van der Waals surface area contributed by atoms with Gasteiger partial charge in [-0.05, 0) is 31.0 Å². The number of nitrogen functional groups attached to an aromatic ring is 2. The molecule has 17 heavy (non-hydrogen) atoms. The first-order chi connectivity index (χ1) is 7.88. The number of nitrogens with two attached hydrogens (primary N) is 2. The van der Waals surface area contributed by atoms with Crippen LogP contribution >= 0.6 is 0 Å². The van der Waals surface area contributed by atoms with Crippen LogP contribution in [0.4, 0.5) is 11.4 Å². The van der Waals surface area contributed by atoms with Crippen molar-refractivity contribution in [2.24, 2.45) is 0 Å². The van der Waals surface area contributed by atoms with Crippen molar-refractivity contribution in [2.45, 2.75) is 12.8 Å². The number of benzene rings is 1. The summed E-state index contributed by atoms with van der Waals surface area (Å²) in [6.07, 6.45) is 0.858. The third-order valence-corrected chi connectivity index (χ3v) is 2.89. The van der Waals surface area contributed by atoms with Crippen molar-refractivity contribution in [3.63, 3.8) is 0 Å². The second kappa shape index (κ2) is 5.74. The summed E-state index contributed by atoms with van der Waals surface area (Å²) in [5.74, 6) is 0.263. The van der Waals surface area contributed by atoms with Gasteiger partial charge in [0.05, 0.1) is 18.0 Å². The zero-order valence-electron chi connectivity index (χ0n) is 9.30. The summed E-state index contributed by atoms with van der Waals surface area (Å²) in [4.78, 5) is 0. The van der Waals surface area contributed by atoms with Crippen molar-refractivity contribution in [1.29, 1.82) is 0 Å². The smallest absolute Gasteiger partial charge is 0.264 e. The minimum Gasteiger partial charge on any atom is -0.491 e. The van der Waals surface area contributed by atoms with Gasteiger partial charge in [0.15, 0.2) is 0 Å². The fourth-order valence-electron chi connectivity index (χ4n) is 1.27. The van der Waals surface area contributed by atoms with Crippen LogP contribution < -0.4 is 16.2 Å². The molecule has 0 aliphatic carbocycles. The Morgan fingerprint density at radius 1 is 1.24 bits per heavy atom. The topological polar surface area (TPSA) is 116 Å². The van der Waals surface area contributed by atoms with Crippen LogP contribution in [0.15, 0.2) is 18.2 Å². The van der Waals surface area contributed by atoms with Gasteiger partial charge < -0.3 is 16.2 Å². The molecule has 0 aliphatic heterocycles. The number of anilines is 2. The molecule has 0 amide bonds. The number of rotatable bonds is 6. The van der Waals surface area contributed by atoms with E-state index in [0.717, 1.165) is 0 Å². The highest BCUT2D eigenvalue weighted by molar-refractivity contribution is 7.85. The molecule has 0 aromatic heterocycles. The number of hydrogen-bond acceptors (Lipinski definition) is 5. The molecule has 0 unspecified atom stereocenters. The van der Waals surface area contributed by atoms with Crippen LogP contribution in [0.5, 0.6) is 5.75 Å². The average Bonchev–Trinajstić information content (AvgIpc) is 2.18. The molecule has 0 radical (unpaired) electrons. The molecule has 7 heteroatoms. The SMILES string of the molecule is Nc1ccc(OCCCCS(=O)(=O)O)c(N)c1. The van der Waals surface area contributed by atoms with Gasteiger partial charge in [0.1, 0.15) is 5.75 Å². The Bertz CT molecular complexity index is 473. The predicted molar refractivity (Wildman–Crippen MR) is 66.4 cm³/mol. The van der Waals surface area contributed by atoms with E-state index in [-0.39, 0.29) is 5.75 Å². The molecule has 5 N–H and O–H groups in total. The standard InChI is InChI=1S/C10H16N2O4S/c11-8-3-4-10(9(12)7-8)16-5-1-2-6-17(13,14)15/h3-4,7H,1-2,5-6,11-12H2,(H,13,14,15). The lowest BCUT2D eigenvalue weighted by molar-refractivity contribution is 0.310. The van der Waals surface area contributed by atoms with Crippen LogP contribution in [0.2, 0.25) is 0 Å². The monoisotopic (exact) mass is 260 g/mol. The van der Waals surface area contributed by atoms with Crippen LogP contribution in [0, 0.1) is 0 Å². The lowest BCUT2D eigenvalue weighted by Gasteiger charge is -2.08. The summed E-state index contributed by atoms with van der Waals surface area (Å²) in [5, 5.41) is 0. The Kier molecular flexibility index (Phi) is 4.59. The molecule has 0 heterocycles. The summed E-state index contributed by atoms with van der Waals surface area (Å²) < 4.78 is 34.7. The van der Waals surface area contributed by atoms with E-state index in [0.29, 0.717) is 36.6 Å². The van der Waals surface area contributed by atoms with Crippen molar-refractivity contribution >= 4 is 21.5 Å². The van der Waals surface area contributed by atoms with E-state index < -0.39 is 10.1 Å². The molecule has 1 aromatic rings. The zero-order valence-corrected chi connectivity index (χ0v) is 10.1. The third kappa shape index (κ3) is 5.41. The van der Waals surface area contributed by atoms with E-state index in [1.54, 1.807) is 18.2 Å². The van der Waals surface area contributed by atoms with Gasteiger partial charge in [-0.3, -0.25) is 4.55 Å².